The first kappa shape index (κ1) is 31.9. The summed E-state index contributed by atoms with van der Waals surface area (Å²) in [5, 5.41) is 10.4. The van der Waals surface area contributed by atoms with Crippen LogP contribution in [-0.2, 0) is 4.65 Å². The molecule has 0 bridgehead atoms. The van der Waals surface area contributed by atoms with Gasteiger partial charge in [0.15, 0.2) is 17.5 Å². The fraction of sp³-hybridized carbons (Fsp3) is 0.175. The average Bonchev–Trinajstić information content (AvgIpc) is 3.09. The molecule has 47 heavy (non-hydrogen) atoms. The van der Waals surface area contributed by atoms with E-state index in [1.54, 1.807) is 13.8 Å². The van der Waals surface area contributed by atoms with E-state index in [1.807, 2.05) is 130 Å². The van der Waals surface area contributed by atoms with Crippen LogP contribution in [-0.4, -0.2) is 38.2 Å². The molecule has 5 aromatic carbocycles. The van der Waals surface area contributed by atoms with Crippen molar-refractivity contribution in [2.75, 3.05) is 0 Å². The van der Waals surface area contributed by atoms with Crippen LogP contribution in [0.2, 0.25) is 6.82 Å². The maximum absolute atomic E-state index is 10.4. The Balaban J connectivity index is 1.16. The third-order valence-electron chi connectivity index (χ3n) is 8.56. The predicted molar refractivity (Wildman–Crippen MR) is 191 cm³/mol. The number of ether oxygens (including phenoxy) is 1. The third-order valence-corrected chi connectivity index (χ3v) is 8.56. The fourth-order valence-electron chi connectivity index (χ4n) is 5.06. The van der Waals surface area contributed by atoms with Gasteiger partial charge in [0.1, 0.15) is 11.5 Å². The van der Waals surface area contributed by atoms with Crippen LogP contribution in [0.3, 0.4) is 0 Å². The minimum absolute atomic E-state index is 0.182. The zero-order valence-electron chi connectivity index (χ0n) is 27.4. The zero-order chi connectivity index (χ0) is 33.0. The molecule has 1 N–H and O–H groups in total. The van der Waals surface area contributed by atoms with E-state index in [9.17, 15) is 5.11 Å². The molecule has 6 aromatic rings. The molecule has 0 saturated carbocycles. The van der Waals surface area contributed by atoms with Crippen molar-refractivity contribution >= 4 is 12.4 Å². The summed E-state index contributed by atoms with van der Waals surface area (Å²) in [5.74, 6) is 3.39. The lowest BCUT2D eigenvalue weighted by Gasteiger charge is -2.39. The molecule has 1 heterocycles. The first-order valence-electron chi connectivity index (χ1n) is 15.8. The van der Waals surface area contributed by atoms with E-state index in [-0.39, 0.29) is 6.92 Å². The van der Waals surface area contributed by atoms with Crippen LogP contribution in [0.25, 0.3) is 45.3 Å². The van der Waals surface area contributed by atoms with Crippen LogP contribution in [0.15, 0.2) is 133 Å². The molecule has 6 nitrogen and oxygen atoms in total. The zero-order valence-corrected chi connectivity index (χ0v) is 27.4. The van der Waals surface area contributed by atoms with Crippen molar-refractivity contribution in [2.45, 2.75) is 45.7 Å². The van der Waals surface area contributed by atoms with Gasteiger partial charge in [-0.3, -0.25) is 0 Å². The summed E-state index contributed by atoms with van der Waals surface area (Å²) >= 11 is 0. The van der Waals surface area contributed by atoms with Crippen molar-refractivity contribution in [3.05, 3.63) is 133 Å². The Kier molecular flexibility index (Phi) is 9.03. The Hall–Kier alpha value is -5.11. The predicted octanol–water partition coefficient (Wildman–Crippen LogP) is 8.73. The molecule has 0 radical (unpaired) electrons. The van der Waals surface area contributed by atoms with E-state index < -0.39 is 11.2 Å². The van der Waals surface area contributed by atoms with Gasteiger partial charge >= 0.3 is 6.92 Å². The number of benzene rings is 5. The number of nitrogens with zero attached hydrogens (tertiary/aromatic N) is 3. The molecule has 0 aliphatic carbocycles. The van der Waals surface area contributed by atoms with Gasteiger partial charge in [0.05, 0.1) is 11.2 Å². The second-order valence-corrected chi connectivity index (χ2v) is 12.6. The Labute approximate surface area is 277 Å². The first-order chi connectivity index (χ1) is 22.6. The largest absolute Gasteiger partial charge is 0.457 e. The van der Waals surface area contributed by atoms with Gasteiger partial charge in [-0.2, -0.15) is 0 Å². The van der Waals surface area contributed by atoms with E-state index in [4.69, 9.17) is 24.3 Å². The fourth-order valence-corrected chi connectivity index (χ4v) is 5.06. The SMILES string of the molecule is CB(OC(C)(C)C(C)(C)O)c1ccc(Oc2ccc(-c3ccc(-c4nc(-c5ccccc5)nc(-c5ccccc5)n4)cc3)cc2)cc1. The van der Waals surface area contributed by atoms with Crippen LogP contribution < -0.4 is 10.2 Å². The normalized spacial score (nSPS) is 11.7. The molecule has 0 fully saturated rings. The van der Waals surface area contributed by atoms with Gasteiger partial charge in [0, 0.05) is 16.7 Å². The van der Waals surface area contributed by atoms with E-state index in [2.05, 4.69) is 24.3 Å². The Bertz CT molecular complexity index is 1870. The van der Waals surface area contributed by atoms with Gasteiger partial charge in [-0.1, -0.05) is 116 Å². The van der Waals surface area contributed by atoms with E-state index in [0.29, 0.717) is 17.5 Å². The monoisotopic (exact) mass is 619 g/mol. The van der Waals surface area contributed by atoms with Crippen molar-refractivity contribution in [3.63, 3.8) is 0 Å². The van der Waals surface area contributed by atoms with Gasteiger partial charge in [-0.05, 0) is 68.6 Å². The van der Waals surface area contributed by atoms with Crippen LogP contribution in [0, 0.1) is 0 Å². The molecule has 0 saturated heterocycles. The highest BCUT2D eigenvalue weighted by Crippen LogP contribution is 2.30. The second-order valence-electron chi connectivity index (χ2n) is 12.6. The molecule has 7 heteroatoms. The summed E-state index contributed by atoms with van der Waals surface area (Å²) < 4.78 is 12.3. The first-order valence-corrected chi connectivity index (χ1v) is 15.8. The van der Waals surface area contributed by atoms with E-state index in [0.717, 1.165) is 44.8 Å². The molecule has 0 aliphatic rings. The molecule has 234 valence electrons. The maximum atomic E-state index is 10.4. The number of aromatic nitrogens is 3. The van der Waals surface area contributed by atoms with Gasteiger partial charge in [0.2, 0.25) is 0 Å². The quantitative estimate of drug-likeness (QED) is 0.155. The van der Waals surface area contributed by atoms with E-state index >= 15 is 0 Å². The third kappa shape index (κ3) is 7.49. The molecule has 0 aliphatic heterocycles. The standard InChI is InChI=1S/C40H38BN3O3/c1-39(2,45)40(3,4)47-41(5)33-22-26-35(27-23-33)46-34-24-20-29(21-25-34)28-16-18-32(19-17-28)38-43-36(30-12-8-6-9-13-30)42-37(44-38)31-14-10-7-11-15-31/h6-27,45H,1-5H3. The minimum Gasteiger partial charge on any atom is -0.457 e. The van der Waals surface area contributed by atoms with Gasteiger partial charge < -0.3 is 14.5 Å². The summed E-state index contributed by atoms with van der Waals surface area (Å²) in [7, 11) is 0. The van der Waals surface area contributed by atoms with Crippen molar-refractivity contribution in [1.82, 2.24) is 15.0 Å². The smallest absolute Gasteiger partial charge is 0.324 e. The number of hydrogen-bond acceptors (Lipinski definition) is 6. The highest BCUT2D eigenvalue weighted by Gasteiger charge is 2.38. The number of rotatable bonds is 10. The van der Waals surface area contributed by atoms with Crippen molar-refractivity contribution in [2.24, 2.45) is 0 Å². The molecule has 0 spiro atoms. The Morgan fingerprint density at radius 3 is 1.28 bits per heavy atom. The summed E-state index contributed by atoms with van der Waals surface area (Å²) in [6.07, 6.45) is 0. The lowest BCUT2D eigenvalue weighted by Crippen LogP contribution is -2.52. The second kappa shape index (κ2) is 13.3. The topological polar surface area (TPSA) is 77.4 Å². The number of hydrogen-bond donors (Lipinski definition) is 1. The average molecular weight is 620 g/mol. The highest BCUT2D eigenvalue weighted by molar-refractivity contribution is 6.66. The van der Waals surface area contributed by atoms with Gasteiger partial charge in [-0.25, -0.2) is 15.0 Å². The molecular weight excluding hydrogens is 581 g/mol. The molecule has 0 atom stereocenters. The van der Waals surface area contributed by atoms with Crippen molar-refractivity contribution < 1.29 is 14.5 Å². The summed E-state index contributed by atoms with van der Waals surface area (Å²) in [6, 6.07) is 44.1. The van der Waals surface area contributed by atoms with Gasteiger partial charge in [-0.15, -0.1) is 0 Å². The van der Waals surface area contributed by atoms with E-state index in [1.165, 1.54) is 0 Å². The summed E-state index contributed by atoms with van der Waals surface area (Å²) in [4.78, 5) is 14.5. The van der Waals surface area contributed by atoms with Crippen LogP contribution in [0.4, 0.5) is 0 Å². The molecule has 0 unspecified atom stereocenters. The van der Waals surface area contributed by atoms with Crippen LogP contribution in [0.1, 0.15) is 27.7 Å². The van der Waals surface area contributed by atoms with Gasteiger partial charge in [0.25, 0.3) is 0 Å². The highest BCUT2D eigenvalue weighted by atomic mass is 16.5. The summed E-state index contributed by atoms with van der Waals surface area (Å²) in [6.45, 7) is 9.13. The van der Waals surface area contributed by atoms with Crippen LogP contribution in [0.5, 0.6) is 11.5 Å². The van der Waals surface area contributed by atoms with Crippen LogP contribution >= 0.6 is 0 Å². The summed E-state index contributed by atoms with van der Waals surface area (Å²) in [5.41, 5.74) is 4.30. The molecular formula is C40H38BN3O3. The van der Waals surface area contributed by atoms with Crippen molar-refractivity contribution in [3.8, 4) is 56.8 Å². The number of aliphatic hydroxyl groups is 1. The lowest BCUT2D eigenvalue weighted by molar-refractivity contribution is -0.0918. The Morgan fingerprint density at radius 2 is 0.851 bits per heavy atom. The lowest BCUT2D eigenvalue weighted by atomic mass is 9.62. The molecule has 6 rings (SSSR count). The minimum atomic E-state index is -0.967. The molecule has 1 aromatic heterocycles. The maximum Gasteiger partial charge on any atom is 0.324 e. The van der Waals surface area contributed by atoms with Crippen molar-refractivity contribution in [1.29, 1.82) is 0 Å². The Morgan fingerprint density at radius 1 is 0.489 bits per heavy atom. The molecule has 0 amide bonds.